The van der Waals surface area contributed by atoms with Gasteiger partial charge in [-0.1, -0.05) is 0 Å². The molecule has 1 aliphatic rings. The fraction of sp³-hybridized carbons (Fsp3) is 0.385. The summed E-state index contributed by atoms with van der Waals surface area (Å²) in [5.74, 6) is 1.80. The summed E-state index contributed by atoms with van der Waals surface area (Å²) < 4.78 is 11.4. The van der Waals surface area contributed by atoms with Crippen LogP contribution in [0.5, 0.6) is 5.75 Å². The topological polar surface area (TPSA) is 48.4 Å². The molecule has 84 valence electrons. The number of hydrogen-bond acceptors (Lipinski definition) is 3. The van der Waals surface area contributed by atoms with Crippen molar-refractivity contribution >= 4 is 11.0 Å². The zero-order valence-electron chi connectivity index (χ0n) is 9.27. The first-order chi connectivity index (χ1) is 7.70. The van der Waals surface area contributed by atoms with Crippen molar-refractivity contribution in [2.75, 3.05) is 0 Å². The molecule has 0 saturated heterocycles. The van der Waals surface area contributed by atoms with E-state index in [1.165, 1.54) is 0 Å². The predicted octanol–water partition coefficient (Wildman–Crippen LogP) is 2.61. The third kappa shape index (κ3) is 1.67. The maximum absolute atomic E-state index is 5.80. The average molecular weight is 217 g/mol. The van der Waals surface area contributed by atoms with Crippen LogP contribution in [0.4, 0.5) is 0 Å². The summed E-state index contributed by atoms with van der Waals surface area (Å²) in [7, 11) is 0. The van der Waals surface area contributed by atoms with Crippen LogP contribution in [0, 0.1) is 6.92 Å². The Hall–Kier alpha value is -1.48. The average Bonchev–Trinajstić information content (AvgIpc) is 2.55. The van der Waals surface area contributed by atoms with E-state index in [-0.39, 0.29) is 6.10 Å². The van der Waals surface area contributed by atoms with Gasteiger partial charge >= 0.3 is 0 Å². The first-order valence-electron chi connectivity index (χ1n) is 5.63. The summed E-state index contributed by atoms with van der Waals surface area (Å²) in [5.41, 5.74) is 6.61. The maximum Gasteiger partial charge on any atom is 0.137 e. The number of fused-ring (bicyclic) bond motifs is 1. The van der Waals surface area contributed by atoms with Crippen molar-refractivity contribution in [1.82, 2.24) is 0 Å². The highest BCUT2D eigenvalue weighted by molar-refractivity contribution is 5.79. The molecule has 2 N–H and O–H groups in total. The Bertz CT molecular complexity index is 512. The molecule has 1 aliphatic carbocycles. The number of hydrogen-bond donors (Lipinski definition) is 1. The Morgan fingerprint density at radius 2 is 2.12 bits per heavy atom. The van der Waals surface area contributed by atoms with Crippen LogP contribution in [0.25, 0.3) is 11.0 Å². The first-order valence-corrected chi connectivity index (χ1v) is 5.63. The normalized spacial score (nSPS) is 24.4. The van der Waals surface area contributed by atoms with Crippen molar-refractivity contribution < 1.29 is 9.15 Å². The van der Waals surface area contributed by atoms with Gasteiger partial charge in [0.25, 0.3) is 0 Å². The van der Waals surface area contributed by atoms with Gasteiger partial charge in [-0.2, -0.15) is 0 Å². The lowest BCUT2D eigenvalue weighted by Gasteiger charge is -2.32. The van der Waals surface area contributed by atoms with Gasteiger partial charge in [-0.25, -0.2) is 0 Å². The molecule has 1 fully saturated rings. The van der Waals surface area contributed by atoms with Crippen molar-refractivity contribution in [3.05, 3.63) is 30.0 Å². The second kappa shape index (κ2) is 3.52. The fourth-order valence-electron chi connectivity index (χ4n) is 2.11. The summed E-state index contributed by atoms with van der Waals surface area (Å²) in [6.07, 6.45) is 2.19. The number of rotatable bonds is 2. The van der Waals surface area contributed by atoms with Gasteiger partial charge in [-0.3, -0.25) is 0 Å². The van der Waals surface area contributed by atoms with Gasteiger partial charge in [0, 0.05) is 17.5 Å². The van der Waals surface area contributed by atoms with E-state index >= 15 is 0 Å². The highest BCUT2D eigenvalue weighted by Crippen LogP contribution is 2.28. The monoisotopic (exact) mass is 217 g/mol. The molecule has 1 aromatic heterocycles. The van der Waals surface area contributed by atoms with Crippen LogP contribution in [0.1, 0.15) is 18.6 Å². The van der Waals surface area contributed by atoms with E-state index in [4.69, 9.17) is 14.9 Å². The summed E-state index contributed by atoms with van der Waals surface area (Å²) in [6, 6.07) is 8.31. The second-order valence-electron chi connectivity index (χ2n) is 4.53. The van der Waals surface area contributed by atoms with E-state index in [2.05, 4.69) is 0 Å². The summed E-state index contributed by atoms with van der Waals surface area (Å²) >= 11 is 0. The van der Waals surface area contributed by atoms with E-state index in [1.807, 2.05) is 31.2 Å². The summed E-state index contributed by atoms with van der Waals surface area (Å²) in [6.45, 7) is 1.95. The summed E-state index contributed by atoms with van der Waals surface area (Å²) in [5, 5.41) is 1.12. The van der Waals surface area contributed by atoms with Gasteiger partial charge in [0.1, 0.15) is 23.2 Å². The van der Waals surface area contributed by atoms with Crippen LogP contribution in [0.15, 0.2) is 28.7 Å². The Morgan fingerprint density at radius 1 is 1.31 bits per heavy atom. The van der Waals surface area contributed by atoms with Gasteiger partial charge in [0.15, 0.2) is 0 Å². The van der Waals surface area contributed by atoms with Crippen molar-refractivity contribution in [3.8, 4) is 5.75 Å². The molecule has 3 nitrogen and oxygen atoms in total. The van der Waals surface area contributed by atoms with E-state index in [0.717, 1.165) is 35.3 Å². The third-order valence-corrected chi connectivity index (χ3v) is 3.05. The molecule has 3 heteroatoms. The quantitative estimate of drug-likeness (QED) is 0.841. The largest absolute Gasteiger partial charge is 0.490 e. The van der Waals surface area contributed by atoms with Crippen molar-refractivity contribution in [1.29, 1.82) is 0 Å². The van der Waals surface area contributed by atoms with Gasteiger partial charge in [0.2, 0.25) is 0 Å². The first kappa shape index (κ1) is 9.73. The zero-order chi connectivity index (χ0) is 11.1. The van der Waals surface area contributed by atoms with Gasteiger partial charge in [-0.15, -0.1) is 0 Å². The number of benzene rings is 1. The molecule has 2 aromatic rings. The standard InChI is InChI=1S/C13H15NO2/c1-8-4-9-2-3-11(7-13(9)15-8)16-12-5-10(14)6-12/h2-4,7,10,12H,5-6,14H2,1H3/t10-,12-. The molecule has 1 aromatic carbocycles. The Kier molecular flexibility index (Phi) is 2.14. The second-order valence-corrected chi connectivity index (χ2v) is 4.53. The molecule has 1 saturated carbocycles. The minimum atomic E-state index is 0.281. The number of ether oxygens (including phenoxy) is 1. The van der Waals surface area contributed by atoms with Gasteiger partial charge in [-0.05, 0) is 38.0 Å². The highest BCUT2D eigenvalue weighted by atomic mass is 16.5. The van der Waals surface area contributed by atoms with Crippen LogP contribution in [-0.2, 0) is 0 Å². The molecule has 0 unspecified atom stereocenters. The molecule has 0 amide bonds. The Morgan fingerprint density at radius 3 is 2.88 bits per heavy atom. The predicted molar refractivity (Wildman–Crippen MR) is 62.6 cm³/mol. The molecule has 3 rings (SSSR count). The smallest absolute Gasteiger partial charge is 0.137 e. The SMILES string of the molecule is Cc1cc2ccc(O[C@H]3C[C@H](N)C3)cc2o1. The number of aryl methyl sites for hydroxylation is 1. The lowest BCUT2D eigenvalue weighted by atomic mass is 9.90. The molecule has 0 bridgehead atoms. The van der Waals surface area contributed by atoms with Crippen LogP contribution >= 0.6 is 0 Å². The molecule has 0 radical (unpaired) electrons. The molecule has 0 spiro atoms. The van der Waals surface area contributed by atoms with Crippen molar-refractivity contribution in [2.24, 2.45) is 5.73 Å². The highest BCUT2D eigenvalue weighted by Gasteiger charge is 2.27. The Labute approximate surface area is 94.2 Å². The molecular weight excluding hydrogens is 202 g/mol. The van der Waals surface area contributed by atoms with Crippen molar-refractivity contribution in [2.45, 2.75) is 31.9 Å². The number of nitrogens with two attached hydrogens (primary N) is 1. The minimum Gasteiger partial charge on any atom is -0.490 e. The lowest BCUT2D eigenvalue weighted by Crippen LogP contribution is -2.43. The van der Waals surface area contributed by atoms with Gasteiger partial charge < -0.3 is 14.9 Å². The van der Waals surface area contributed by atoms with Crippen LogP contribution < -0.4 is 10.5 Å². The van der Waals surface area contributed by atoms with E-state index in [9.17, 15) is 0 Å². The van der Waals surface area contributed by atoms with E-state index in [0.29, 0.717) is 6.04 Å². The van der Waals surface area contributed by atoms with Crippen LogP contribution in [-0.4, -0.2) is 12.1 Å². The van der Waals surface area contributed by atoms with E-state index < -0.39 is 0 Å². The minimum absolute atomic E-state index is 0.281. The Balaban J connectivity index is 1.82. The van der Waals surface area contributed by atoms with Gasteiger partial charge in [0.05, 0.1) is 0 Å². The lowest BCUT2D eigenvalue weighted by molar-refractivity contribution is 0.101. The maximum atomic E-state index is 5.80. The molecule has 0 atom stereocenters. The van der Waals surface area contributed by atoms with Crippen molar-refractivity contribution in [3.63, 3.8) is 0 Å². The van der Waals surface area contributed by atoms with E-state index in [1.54, 1.807) is 0 Å². The zero-order valence-corrected chi connectivity index (χ0v) is 9.27. The van der Waals surface area contributed by atoms with Crippen LogP contribution in [0.2, 0.25) is 0 Å². The summed E-state index contributed by atoms with van der Waals surface area (Å²) in [4.78, 5) is 0. The molecule has 16 heavy (non-hydrogen) atoms. The fourth-order valence-corrected chi connectivity index (χ4v) is 2.11. The van der Waals surface area contributed by atoms with Crippen LogP contribution in [0.3, 0.4) is 0 Å². The third-order valence-electron chi connectivity index (χ3n) is 3.05. The number of furan rings is 1. The molecular formula is C13H15NO2. The molecule has 0 aliphatic heterocycles. The molecule has 1 heterocycles.